The average molecular weight is 562 g/mol. The van der Waals surface area contributed by atoms with E-state index in [1.807, 2.05) is 72.8 Å². The Balaban J connectivity index is 1.31. The number of aryl methyl sites for hydroxylation is 1. The molecule has 1 saturated heterocycles. The van der Waals surface area contributed by atoms with Gasteiger partial charge in [-0.3, -0.25) is 9.78 Å². The van der Waals surface area contributed by atoms with Gasteiger partial charge in [0.25, 0.3) is 0 Å². The Morgan fingerprint density at radius 1 is 1.00 bits per heavy atom. The Morgan fingerprint density at radius 3 is 2.54 bits per heavy atom. The summed E-state index contributed by atoms with van der Waals surface area (Å²) in [5.41, 5.74) is 5.89. The monoisotopic (exact) mass is 561 g/mol. The molecule has 0 radical (unpaired) electrons. The number of aromatic nitrogens is 2. The highest BCUT2D eigenvalue weighted by Crippen LogP contribution is 2.41. The molecule has 2 aromatic heterocycles. The fourth-order valence-electron chi connectivity index (χ4n) is 5.84. The van der Waals surface area contributed by atoms with Crippen molar-refractivity contribution in [1.82, 2.24) is 19.8 Å². The first-order valence-electron chi connectivity index (χ1n) is 13.6. The normalized spacial score (nSPS) is 16.6. The first kappa shape index (κ1) is 26.5. The molecule has 41 heavy (non-hydrogen) atoms. The maximum atomic E-state index is 13.2. The molecule has 0 spiro atoms. The topological polar surface area (TPSA) is 82.4 Å². The fourth-order valence-corrected chi connectivity index (χ4v) is 6.17. The number of hydrogen-bond donors (Lipinski definition) is 3. The summed E-state index contributed by atoms with van der Waals surface area (Å²) in [4.78, 5) is 20.0. The summed E-state index contributed by atoms with van der Waals surface area (Å²) in [6.45, 7) is 4.61. The smallest absolute Gasteiger partial charge is 0.226 e. The summed E-state index contributed by atoms with van der Waals surface area (Å²) in [7, 11) is 0. The van der Waals surface area contributed by atoms with E-state index in [9.17, 15) is 9.90 Å². The maximum absolute atomic E-state index is 13.2. The van der Waals surface area contributed by atoms with E-state index in [4.69, 9.17) is 12.2 Å². The SMILES string of the molecule is Cc1cc([C@H]2[C@H](c3ccccn3)NC(=S)N2CCC(=O)Nc2cccc3ccccc23)c(C)n1-c1ccc(O)cc1. The average Bonchev–Trinajstić information content (AvgIpc) is 3.47. The number of thiocarbonyl (C=S) groups is 1. The zero-order chi connectivity index (χ0) is 28.5. The lowest BCUT2D eigenvalue weighted by molar-refractivity contribution is -0.116. The Hall–Kier alpha value is -4.69. The molecular formula is C33H31N5O2S. The molecule has 7 nitrogen and oxygen atoms in total. The molecule has 206 valence electrons. The van der Waals surface area contributed by atoms with Crippen LogP contribution in [0.4, 0.5) is 5.69 Å². The van der Waals surface area contributed by atoms with E-state index in [1.165, 1.54) is 0 Å². The van der Waals surface area contributed by atoms with E-state index in [-0.39, 0.29) is 30.2 Å². The molecule has 5 aromatic rings. The number of benzene rings is 3. The Labute approximate surface area is 244 Å². The van der Waals surface area contributed by atoms with Crippen molar-refractivity contribution < 1.29 is 9.90 Å². The molecular weight excluding hydrogens is 530 g/mol. The Morgan fingerprint density at radius 2 is 1.76 bits per heavy atom. The number of hydrogen-bond acceptors (Lipinski definition) is 4. The summed E-state index contributed by atoms with van der Waals surface area (Å²) < 4.78 is 2.18. The summed E-state index contributed by atoms with van der Waals surface area (Å²) in [5.74, 6) is 0.156. The fraction of sp³-hybridized carbons (Fsp3) is 0.182. The van der Waals surface area contributed by atoms with Crippen molar-refractivity contribution in [2.45, 2.75) is 32.4 Å². The molecule has 1 aliphatic heterocycles. The van der Waals surface area contributed by atoms with Crippen LogP contribution in [-0.4, -0.2) is 37.1 Å². The minimum atomic E-state index is -0.182. The number of aromatic hydroxyl groups is 1. The molecule has 2 atom stereocenters. The number of phenols is 1. The van der Waals surface area contributed by atoms with Crippen LogP contribution >= 0.6 is 12.2 Å². The minimum absolute atomic E-state index is 0.0706. The van der Waals surface area contributed by atoms with Gasteiger partial charge in [0.05, 0.1) is 17.8 Å². The molecule has 0 bridgehead atoms. The molecule has 1 aliphatic rings. The molecule has 6 rings (SSSR count). The van der Waals surface area contributed by atoms with Crippen molar-refractivity contribution in [3.8, 4) is 11.4 Å². The van der Waals surface area contributed by atoms with Crippen LogP contribution in [0.2, 0.25) is 0 Å². The Bertz CT molecular complexity index is 1730. The van der Waals surface area contributed by atoms with Crippen LogP contribution in [0.25, 0.3) is 16.5 Å². The standard InChI is InChI=1S/C33H31N5O2S/c1-21-20-27(22(2)38(21)24-13-15-25(39)16-14-24)32-31(29-11-5-6-18-34-29)36-33(41)37(32)19-17-30(40)35-28-12-7-9-23-8-3-4-10-26(23)28/h3-16,18,20,31-32,39H,17,19H2,1-2H3,(H,35,40)(H,36,41)/t31-,32-/m0/s1. The molecule has 0 unspecified atom stereocenters. The van der Waals surface area contributed by atoms with Crippen molar-refractivity contribution in [2.75, 3.05) is 11.9 Å². The second-order valence-corrected chi connectivity index (χ2v) is 10.7. The largest absolute Gasteiger partial charge is 0.508 e. The predicted octanol–water partition coefficient (Wildman–Crippen LogP) is 6.35. The molecule has 1 fully saturated rings. The lowest BCUT2D eigenvalue weighted by Gasteiger charge is -2.28. The van der Waals surface area contributed by atoms with Crippen molar-refractivity contribution in [1.29, 1.82) is 0 Å². The number of carbonyl (C=O) groups is 1. The van der Waals surface area contributed by atoms with Gasteiger partial charge in [0.2, 0.25) is 5.91 Å². The van der Waals surface area contributed by atoms with Crippen LogP contribution in [0.1, 0.15) is 41.1 Å². The number of nitrogens with zero attached hydrogens (tertiary/aromatic N) is 3. The highest BCUT2D eigenvalue weighted by atomic mass is 32.1. The minimum Gasteiger partial charge on any atom is -0.508 e. The van der Waals surface area contributed by atoms with Crippen molar-refractivity contribution in [2.24, 2.45) is 0 Å². The second-order valence-electron chi connectivity index (χ2n) is 10.3. The van der Waals surface area contributed by atoms with Crippen LogP contribution < -0.4 is 10.6 Å². The third kappa shape index (κ3) is 5.14. The van der Waals surface area contributed by atoms with Crippen molar-refractivity contribution in [3.63, 3.8) is 0 Å². The van der Waals surface area contributed by atoms with Gasteiger partial charge in [0, 0.05) is 47.3 Å². The lowest BCUT2D eigenvalue weighted by atomic mass is 9.96. The summed E-state index contributed by atoms with van der Waals surface area (Å²) in [5, 5.41) is 19.1. The van der Waals surface area contributed by atoms with E-state index >= 15 is 0 Å². The van der Waals surface area contributed by atoms with Crippen molar-refractivity contribution in [3.05, 3.63) is 120 Å². The summed E-state index contributed by atoms with van der Waals surface area (Å²) in [6.07, 6.45) is 2.06. The van der Waals surface area contributed by atoms with Gasteiger partial charge >= 0.3 is 0 Å². The summed E-state index contributed by atoms with van der Waals surface area (Å²) in [6, 6.07) is 28.9. The van der Waals surface area contributed by atoms with Gasteiger partial charge in [-0.15, -0.1) is 0 Å². The molecule has 3 N–H and O–H groups in total. The van der Waals surface area contributed by atoms with Crippen LogP contribution in [0.5, 0.6) is 5.75 Å². The number of fused-ring (bicyclic) bond motifs is 1. The van der Waals surface area contributed by atoms with E-state index in [1.54, 1.807) is 18.3 Å². The van der Waals surface area contributed by atoms with Crippen LogP contribution in [0, 0.1) is 13.8 Å². The lowest BCUT2D eigenvalue weighted by Crippen LogP contribution is -2.33. The molecule has 0 saturated carbocycles. The molecule has 3 aromatic carbocycles. The quantitative estimate of drug-likeness (QED) is 0.201. The van der Waals surface area contributed by atoms with Crippen LogP contribution in [0.3, 0.4) is 0 Å². The van der Waals surface area contributed by atoms with Gasteiger partial charge < -0.3 is 25.2 Å². The number of nitrogens with one attached hydrogen (secondary N) is 2. The van der Waals surface area contributed by atoms with Gasteiger partial charge in [-0.25, -0.2) is 0 Å². The first-order valence-corrected chi connectivity index (χ1v) is 14.1. The summed E-state index contributed by atoms with van der Waals surface area (Å²) >= 11 is 5.85. The number of rotatable bonds is 7. The third-order valence-corrected chi connectivity index (χ3v) is 8.09. The number of amides is 1. The first-order chi connectivity index (χ1) is 19.9. The number of phenolic OH excluding ortho intramolecular Hbond substituents is 1. The molecule has 3 heterocycles. The van der Waals surface area contributed by atoms with Gasteiger partial charge in [0.15, 0.2) is 5.11 Å². The Kier molecular flexibility index (Phi) is 7.15. The number of carbonyl (C=O) groups excluding carboxylic acids is 1. The van der Waals surface area contributed by atoms with E-state index in [0.29, 0.717) is 11.7 Å². The maximum Gasteiger partial charge on any atom is 0.226 e. The van der Waals surface area contributed by atoms with Crippen molar-refractivity contribution >= 4 is 39.7 Å². The predicted molar refractivity (Wildman–Crippen MR) is 166 cm³/mol. The van der Waals surface area contributed by atoms with Gasteiger partial charge in [0.1, 0.15) is 5.75 Å². The highest BCUT2D eigenvalue weighted by molar-refractivity contribution is 7.80. The zero-order valence-electron chi connectivity index (χ0n) is 22.9. The van der Waals surface area contributed by atoms with E-state index in [0.717, 1.165) is 44.8 Å². The number of pyridine rings is 1. The van der Waals surface area contributed by atoms with Gasteiger partial charge in [-0.05, 0) is 85.5 Å². The molecule has 1 amide bonds. The van der Waals surface area contributed by atoms with Crippen LogP contribution in [-0.2, 0) is 4.79 Å². The third-order valence-electron chi connectivity index (χ3n) is 7.74. The van der Waals surface area contributed by atoms with Gasteiger partial charge in [-0.1, -0.05) is 42.5 Å². The van der Waals surface area contributed by atoms with Crippen LogP contribution in [0.15, 0.2) is 97.2 Å². The zero-order valence-corrected chi connectivity index (χ0v) is 23.7. The molecule has 0 aliphatic carbocycles. The number of anilines is 1. The van der Waals surface area contributed by atoms with E-state index < -0.39 is 0 Å². The highest BCUT2D eigenvalue weighted by Gasteiger charge is 2.41. The van der Waals surface area contributed by atoms with Gasteiger partial charge in [-0.2, -0.15) is 0 Å². The second kappa shape index (κ2) is 11.1. The van der Waals surface area contributed by atoms with E-state index in [2.05, 4.69) is 45.0 Å². The molecule has 8 heteroatoms.